The molecule has 0 fully saturated rings. The van der Waals surface area contributed by atoms with Gasteiger partial charge in [-0.15, -0.1) is 0 Å². The fraction of sp³-hybridized carbons (Fsp3) is 0.868. The smallest absolute Gasteiger partial charge is 0.306 e. The van der Waals surface area contributed by atoms with Crippen LogP contribution in [0.25, 0.3) is 0 Å². The second-order valence-electron chi connectivity index (χ2n) is 19.0. The highest BCUT2D eigenvalue weighted by Gasteiger charge is 2.26. The fourth-order valence-electron chi connectivity index (χ4n) is 8.20. The van der Waals surface area contributed by atoms with Crippen molar-refractivity contribution in [1.82, 2.24) is 16.0 Å². The Bertz CT molecular complexity index is 1330. The Morgan fingerprint density at radius 2 is 0.926 bits per heavy atom. The van der Waals surface area contributed by atoms with Crippen LogP contribution in [0.3, 0.4) is 0 Å². The maximum absolute atomic E-state index is 13.4. The minimum absolute atomic E-state index is 0.0308. The van der Waals surface area contributed by atoms with Gasteiger partial charge in [-0.2, -0.15) is 0 Å². The number of hydrogen-bond donors (Lipinski definition) is 6. The first-order chi connectivity index (χ1) is 32.8. The van der Waals surface area contributed by atoms with E-state index in [-0.39, 0.29) is 57.6 Å². The fourth-order valence-corrected chi connectivity index (χ4v) is 8.20. The third kappa shape index (κ3) is 42.4. The van der Waals surface area contributed by atoms with Crippen LogP contribution in [0.1, 0.15) is 258 Å². The molecule has 0 aromatic carbocycles. The van der Waals surface area contributed by atoms with Crippen molar-refractivity contribution in [2.24, 2.45) is 0 Å². The maximum Gasteiger partial charge on any atom is 0.306 e. The summed E-state index contributed by atoms with van der Waals surface area (Å²) in [5, 5.41) is 37.1. The summed E-state index contributed by atoms with van der Waals surface area (Å²) in [5.74, 6) is -5.33. The Kier molecular flexibility index (Phi) is 43.2. The first-order valence-electron chi connectivity index (χ1n) is 27.1. The van der Waals surface area contributed by atoms with Gasteiger partial charge in [0.25, 0.3) is 0 Å². The van der Waals surface area contributed by atoms with Gasteiger partial charge < -0.3 is 40.7 Å². The first kappa shape index (κ1) is 64.2. The number of hydrogen-bond acceptors (Lipinski definition) is 10. The zero-order valence-electron chi connectivity index (χ0n) is 42.9. The van der Waals surface area contributed by atoms with Crippen molar-refractivity contribution in [2.45, 2.75) is 283 Å². The number of carboxylic acid groups (broad SMARTS) is 2. The second kappa shape index (κ2) is 45.7. The van der Waals surface area contributed by atoms with E-state index in [4.69, 9.17) is 14.6 Å². The lowest BCUT2D eigenvalue weighted by molar-refractivity contribution is -0.151. The zero-order chi connectivity index (χ0) is 50.5. The number of aliphatic carboxylic acids is 2. The number of rotatable bonds is 49. The molecule has 68 heavy (non-hydrogen) atoms. The van der Waals surface area contributed by atoms with Crippen molar-refractivity contribution in [1.29, 1.82) is 0 Å². The molecule has 15 heteroatoms. The molecule has 0 unspecified atom stereocenters. The zero-order valence-corrected chi connectivity index (χ0v) is 42.9. The molecule has 6 N–H and O–H groups in total. The van der Waals surface area contributed by atoms with Crippen LogP contribution in [-0.4, -0.2) is 94.4 Å². The molecule has 0 heterocycles. The number of carboxylic acids is 2. The highest BCUT2D eigenvalue weighted by molar-refractivity contribution is 5.90. The van der Waals surface area contributed by atoms with Crippen molar-refractivity contribution in [3.05, 3.63) is 0 Å². The molecule has 0 bridgehead atoms. The molecule has 0 aliphatic rings. The summed E-state index contributed by atoms with van der Waals surface area (Å²) in [6, 6.07) is -2.11. The predicted molar refractivity (Wildman–Crippen MR) is 267 cm³/mol. The van der Waals surface area contributed by atoms with E-state index in [2.05, 4.69) is 36.7 Å². The lowest BCUT2D eigenvalue weighted by Crippen LogP contribution is -2.49. The Balaban J connectivity index is 5.31. The van der Waals surface area contributed by atoms with E-state index in [0.717, 1.165) is 70.6 Å². The SMILES string of the molecule is CCCCCCCCCCCC(=O)O[C@H](CCCCCCCCCCC)CC(=O)N[C@H](CC(=O)O)C(=O)NCCC[C@H](COC(=O)CCC(=O)O)NC(=O)C[C@H](O)CCCCCCCCCCC. The number of unbranched alkanes of at least 4 members (excludes halogenated alkanes) is 24. The van der Waals surface area contributed by atoms with Gasteiger partial charge >= 0.3 is 23.9 Å². The summed E-state index contributed by atoms with van der Waals surface area (Å²) >= 11 is 0. The van der Waals surface area contributed by atoms with E-state index < -0.39 is 72.8 Å². The van der Waals surface area contributed by atoms with Crippen molar-refractivity contribution < 1.29 is 58.4 Å². The van der Waals surface area contributed by atoms with Crippen LogP contribution < -0.4 is 16.0 Å². The first-order valence-corrected chi connectivity index (χ1v) is 27.1. The van der Waals surface area contributed by atoms with Crippen LogP contribution in [0.15, 0.2) is 0 Å². The highest BCUT2D eigenvalue weighted by Crippen LogP contribution is 2.18. The van der Waals surface area contributed by atoms with Crippen LogP contribution in [0, 0.1) is 0 Å². The molecule has 15 nitrogen and oxygen atoms in total. The van der Waals surface area contributed by atoms with E-state index in [1.54, 1.807) is 0 Å². The van der Waals surface area contributed by atoms with Crippen LogP contribution in [0.4, 0.5) is 0 Å². The summed E-state index contributed by atoms with van der Waals surface area (Å²) in [7, 11) is 0. The average Bonchev–Trinajstić information content (AvgIpc) is 3.29. The largest absolute Gasteiger partial charge is 0.481 e. The van der Waals surface area contributed by atoms with E-state index in [1.807, 2.05) is 0 Å². The number of carbonyl (C=O) groups is 7. The Morgan fingerprint density at radius 3 is 1.43 bits per heavy atom. The highest BCUT2D eigenvalue weighted by atomic mass is 16.5. The molecule has 4 atom stereocenters. The number of nitrogens with one attached hydrogen (secondary N) is 3. The lowest BCUT2D eigenvalue weighted by Gasteiger charge is -2.22. The van der Waals surface area contributed by atoms with Crippen molar-refractivity contribution in [3.63, 3.8) is 0 Å². The molecule has 0 aromatic heterocycles. The maximum atomic E-state index is 13.4. The lowest BCUT2D eigenvalue weighted by atomic mass is 10.0. The number of amides is 3. The van der Waals surface area contributed by atoms with Crippen LogP contribution in [0.5, 0.6) is 0 Å². The monoisotopic (exact) mass is 968 g/mol. The van der Waals surface area contributed by atoms with Crippen molar-refractivity contribution in [2.75, 3.05) is 13.2 Å². The molecule has 0 radical (unpaired) electrons. The summed E-state index contributed by atoms with van der Waals surface area (Å²) in [6.07, 6.45) is 28.5. The second-order valence-corrected chi connectivity index (χ2v) is 19.0. The average molecular weight is 968 g/mol. The summed E-state index contributed by atoms with van der Waals surface area (Å²) < 4.78 is 11.1. The van der Waals surface area contributed by atoms with Gasteiger partial charge in [0.1, 0.15) is 18.8 Å². The number of carbonyl (C=O) groups excluding carboxylic acids is 5. The minimum Gasteiger partial charge on any atom is -0.481 e. The molecule has 396 valence electrons. The van der Waals surface area contributed by atoms with Gasteiger partial charge in [0, 0.05) is 13.0 Å². The van der Waals surface area contributed by atoms with E-state index in [1.165, 1.54) is 96.3 Å². The Morgan fingerprint density at radius 1 is 0.456 bits per heavy atom. The van der Waals surface area contributed by atoms with E-state index >= 15 is 0 Å². The number of ether oxygens (including phenoxy) is 2. The third-order valence-corrected chi connectivity index (χ3v) is 12.3. The number of aliphatic hydroxyl groups excluding tert-OH is 1. The normalized spacial score (nSPS) is 12.9. The van der Waals surface area contributed by atoms with Gasteiger partial charge in [-0.3, -0.25) is 33.6 Å². The summed E-state index contributed by atoms with van der Waals surface area (Å²) in [6.45, 7) is 6.36. The van der Waals surface area contributed by atoms with E-state index in [9.17, 15) is 43.8 Å². The molecule has 3 amide bonds. The van der Waals surface area contributed by atoms with Crippen LogP contribution in [0.2, 0.25) is 0 Å². The van der Waals surface area contributed by atoms with Crippen LogP contribution in [-0.2, 0) is 43.0 Å². The summed E-state index contributed by atoms with van der Waals surface area (Å²) in [4.78, 5) is 87.4. The molecule has 0 aromatic rings. The van der Waals surface area contributed by atoms with E-state index in [0.29, 0.717) is 19.3 Å². The third-order valence-electron chi connectivity index (χ3n) is 12.3. The molecule has 0 aliphatic carbocycles. The number of aliphatic hydroxyl groups is 1. The number of esters is 2. The van der Waals surface area contributed by atoms with Gasteiger partial charge in [-0.25, -0.2) is 0 Å². The van der Waals surface area contributed by atoms with Crippen molar-refractivity contribution >= 4 is 41.6 Å². The van der Waals surface area contributed by atoms with Gasteiger partial charge in [0.05, 0.1) is 44.2 Å². The molecular formula is C53H97N3O12. The standard InChI is InChI=1S/C53H97N3O12/c1-4-7-10-13-16-19-22-25-28-33-44(57)39-47(58)55-43(42-67-51(64)37-36-49(60)61)32-31-38-54-53(66)46(41-50(62)63)56-48(59)40-45(34-29-26-23-20-17-14-11-8-5-2)68-52(65)35-30-27-24-21-18-15-12-9-6-3/h43-46,57H,4-42H2,1-3H3,(H,54,66)(H,55,58)(H,56,59)(H,60,61)(H,62,63)/t43-,44-,45-,46-/m1/s1. The van der Waals surface area contributed by atoms with Crippen molar-refractivity contribution in [3.8, 4) is 0 Å². The summed E-state index contributed by atoms with van der Waals surface area (Å²) in [5.41, 5.74) is 0. The Hall–Kier alpha value is -3.75. The molecule has 0 aliphatic heterocycles. The predicted octanol–water partition coefficient (Wildman–Crippen LogP) is 10.6. The molecule has 0 rings (SSSR count). The van der Waals surface area contributed by atoms with Crippen LogP contribution >= 0.6 is 0 Å². The van der Waals surface area contributed by atoms with Gasteiger partial charge in [0.15, 0.2) is 0 Å². The topological polar surface area (TPSA) is 235 Å². The molecule has 0 saturated carbocycles. The van der Waals surface area contributed by atoms with Gasteiger partial charge in [0.2, 0.25) is 17.7 Å². The van der Waals surface area contributed by atoms with Gasteiger partial charge in [-0.05, 0) is 38.5 Å². The van der Waals surface area contributed by atoms with Gasteiger partial charge in [-0.1, -0.05) is 181 Å². The molecular weight excluding hydrogens is 871 g/mol. The molecule has 0 spiro atoms. The minimum atomic E-state index is -1.40. The molecule has 0 saturated heterocycles. The Labute approximate surface area is 410 Å². The quantitative estimate of drug-likeness (QED) is 0.0247.